The van der Waals surface area contributed by atoms with E-state index in [1.165, 1.54) is 23.6 Å². The molecule has 2 atom stereocenters. The average molecular weight is 411 g/mol. The van der Waals surface area contributed by atoms with Crippen LogP contribution in [0.15, 0.2) is 35.5 Å². The fourth-order valence-electron chi connectivity index (χ4n) is 2.89. The van der Waals surface area contributed by atoms with E-state index in [1.807, 2.05) is 0 Å². The van der Waals surface area contributed by atoms with Crippen molar-refractivity contribution in [1.82, 2.24) is 10.2 Å². The van der Waals surface area contributed by atoms with Crippen molar-refractivity contribution < 1.29 is 23.9 Å². The molecule has 0 radical (unpaired) electrons. The molecule has 0 saturated carbocycles. The van der Waals surface area contributed by atoms with E-state index >= 15 is 0 Å². The van der Waals surface area contributed by atoms with Gasteiger partial charge in [-0.25, -0.2) is 4.79 Å². The van der Waals surface area contributed by atoms with Crippen LogP contribution < -0.4 is 10.1 Å². The number of alkyl halides is 1. The summed E-state index contributed by atoms with van der Waals surface area (Å²) < 4.78 is 10.5. The van der Waals surface area contributed by atoms with E-state index in [-0.39, 0.29) is 35.4 Å². The summed E-state index contributed by atoms with van der Waals surface area (Å²) >= 11 is 7.45. The van der Waals surface area contributed by atoms with Gasteiger partial charge in [-0.2, -0.15) is 0 Å². The number of ether oxygens (including phenoxy) is 2. The zero-order valence-electron chi connectivity index (χ0n) is 14.9. The van der Waals surface area contributed by atoms with Crippen LogP contribution in [-0.4, -0.2) is 46.4 Å². The van der Waals surface area contributed by atoms with Gasteiger partial charge >= 0.3 is 5.97 Å². The third-order valence-corrected chi connectivity index (χ3v) is 5.92. The van der Waals surface area contributed by atoms with Crippen molar-refractivity contribution in [2.24, 2.45) is 0 Å². The SMILES string of the molecule is COc1ccc(COC(=O)C2=C(CCl)C(NC(C)=O)S[C@@H]3CC(=O)N23)cc1. The van der Waals surface area contributed by atoms with Crippen LogP contribution in [0.5, 0.6) is 5.75 Å². The van der Waals surface area contributed by atoms with Crippen LogP contribution in [0.2, 0.25) is 0 Å². The largest absolute Gasteiger partial charge is 0.497 e. The molecular weight excluding hydrogens is 392 g/mol. The number of benzene rings is 1. The van der Waals surface area contributed by atoms with E-state index in [1.54, 1.807) is 31.4 Å². The number of amides is 2. The number of hydrogen-bond donors (Lipinski definition) is 1. The van der Waals surface area contributed by atoms with Crippen LogP contribution >= 0.6 is 23.4 Å². The van der Waals surface area contributed by atoms with Gasteiger partial charge in [0.1, 0.15) is 23.4 Å². The first-order valence-corrected chi connectivity index (χ1v) is 9.76. The van der Waals surface area contributed by atoms with Crippen LogP contribution in [0.3, 0.4) is 0 Å². The Bertz CT molecular complexity index is 795. The Morgan fingerprint density at radius 1 is 1.33 bits per heavy atom. The molecule has 1 aromatic rings. The number of β-lactam (4-membered cyclic amide) rings is 1. The summed E-state index contributed by atoms with van der Waals surface area (Å²) in [6.45, 7) is 1.44. The first-order valence-electron chi connectivity index (χ1n) is 8.28. The minimum Gasteiger partial charge on any atom is -0.497 e. The normalized spacial score (nSPS) is 21.3. The van der Waals surface area contributed by atoms with Crippen molar-refractivity contribution in [3.05, 3.63) is 41.1 Å². The van der Waals surface area contributed by atoms with E-state index in [2.05, 4.69) is 5.32 Å². The summed E-state index contributed by atoms with van der Waals surface area (Å²) in [6.07, 6.45) is 0.311. The Balaban J connectivity index is 1.80. The lowest BCUT2D eigenvalue weighted by molar-refractivity contribution is -0.150. The van der Waals surface area contributed by atoms with Crippen molar-refractivity contribution >= 4 is 41.1 Å². The quantitative estimate of drug-likeness (QED) is 0.438. The lowest BCUT2D eigenvalue weighted by atomic mass is 10.1. The predicted molar refractivity (Wildman–Crippen MR) is 101 cm³/mol. The molecule has 1 unspecified atom stereocenters. The summed E-state index contributed by atoms with van der Waals surface area (Å²) in [7, 11) is 1.57. The summed E-state index contributed by atoms with van der Waals surface area (Å²) in [5, 5.41) is 2.11. The number of carbonyl (C=O) groups excluding carboxylic acids is 3. The molecule has 0 bridgehead atoms. The number of nitrogens with one attached hydrogen (secondary N) is 1. The Morgan fingerprint density at radius 2 is 2.04 bits per heavy atom. The highest BCUT2D eigenvalue weighted by atomic mass is 35.5. The second kappa shape index (κ2) is 8.22. The van der Waals surface area contributed by atoms with Crippen molar-refractivity contribution in [2.45, 2.75) is 30.7 Å². The fraction of sp³-hybridized carbons (Fsp3) is 0.389. The van der Waals surface area contributed by atoms with Gasteiger partial charge in [-0.1, -0.05) is 12.1 Å². The van der Waals surface area contributed by atoms with Gasteiger partial charge in [0.2, 0.25) is 11.8 Å². The summed E-state index contributed by atoms with van der Waals surface area (Å²) in [5.41, 5.74) is 1.39. The Labute approximate surface area is 166 Å². The van der Waals surface area contributed by atoms with Gasteiger partial charge in [-0.3, -0.25) is 14.5 Å². The molecular formula is C18H19ClN2O5S. The van der Waals surface area contributed by atoms with E-state index < -0.39 is 11.3 Å². The molecule has 7 nitrogen and oxygen atoms in total. The Morgan fingerprint density at radius 3 is 2.59 bits per heavy atom. The van der Waals surface area contributed by atoms with Crippen molar-refractivity contribution in [3.8, 4) is 5.75 Å². The highest BCUT2D eigenvalue weighted by Crippen LogP contribution is 2.43. The topological polar surface area (TPSA) is 84.9 Å². The molecule has 0 aromatic heterocycles. The van der Waals surface area contributed by atoms with E-state index in [9.17, 15) is 14.4 Å². The number of rotatable bonds is 6. The summed E-state index contributed by atoms with van der Waals surface area (Å²) in [5.74, 6) is -0.321. The van der Waals surface area contributed by atoms with Gasteiger partial charge in [0.15, 0.2) is 0 Å². The van der Waals surface area contributed by atoms with E-state index in [0.717, 1.165) is 5.56 Å². The minimum atomic E-state index is -0.629. The second-order valence-corrected chi connectivity index (χ2v) is 7.63. The molecule has 144 valence electrons. The lowest BCUT2D eigenvalue weighted by Gasteiger charge is -2.46. The van der Waals surface area contributed by atoms with Crippen LogP contribution in [-0.2, 0) is 25.7 Å². The van der Waals surface area contributed by atoms with Gasteiger partial charge in [-0.15, -0.1) is 23.4 Å². The van der Waals surface area contributed by atoms with Crippen LogP contribution in [0, 0.1) is 0 Å². The van der Waals surface area contributed by atoms with Crippen LogP contribution in [0.1, 0.15) is 18.9 Å². The molecule has 2 aliphatic rings. The van der Waals surface area contributed by atoms with E-state index in [0.29, 0.717) is 17.7 Å². The standard InChI is InChI=1S/C18H19ClN2O5S/c1-10(22)20-17-13(8-19)16(21-14(23)7-15(21)27-17)18(24)26-9-11-3-5-12(25-2)6-4-11/h3-6,15,17H,7-9H2,1-2H3,(H,20,22)/t15-,17?/m1/s1. The molecule has 3 rings (SSSR count). The zero-order chi connectivity index (χ0) is 19.6. The number of carbonyl (C=O) groups is 3. The molecule has 0 spiro atoms. The maximum atomic E-state index is 12.8. The smallest absolute Gasteiger partial charge is 0.355 e. The number of nitrogens with zero attached hydrogens (tertiary/aromatic N) is 1. The maximum Gasteiger partial charge on any atom is 0.355 e. The van der Waals surface area contributed by atoms with Gasteiger partial charge in [0.25, 0.3) is 0 Å². The van der Waals surface area contributed by atoms with E-state index in [4.69, 9.17) is 21.1 Å². The van der Waals surface area contributed by atoms with Gasteiger partial charge in [0.05, 0.1) is 18.9 Å². The van der Waals surface area contributed by atoms with Crippen molar-refractivity contribution in [3.63, 3.8) is 0 Å². The zero-order valence-corrected chi connectivity index (χ0v) is 16.4. The Hall–Kier alpha value is -2.19. The maximum absolute atomic E-state index is 12.8. The number of esters is 1. The molecule has 2 heterocycles. The molecule has 1 aromatic carbocycles. The summed E-state index contributed by atoms with van der Waals surface area (Å²) in [6, 6.07) is 7.12. The predicted octanol–water partition coefficient (Wildman–Crippen LogP) is 2.00. The number of fused-ring (bicyclic) bond motifs is 1. The van der Waals surface area contributed by atoms with Gasteiger partial charge in [0, 0.05) is 18.4 Å². The second-order valence-electron chi connectivity index (χ2n) is 6.07. The van der Waals surface area contributed by atoms with Crippen molar-refractivity contribution in [2.75, 3.05) is 13.0 Å². The Kier molecular flexibility index (Phi) is 5.96. The average Bonchev–Trinajstić information content (AvgIpc) is 2.64. The first kappa shape index (κ1) is 19.6. The number of halogens is 1. The van der Waals surface area contributed by atoms with Crippen LogP contribution in [0.4, 0.5) is 0 Å². The molecule has 9 heteroatoms. The molecule has 2 aliphatic heterocycles. The highest BCUT2D eigenvalue weighted by Gasteiger charge is 2.48. The summed E-state index contributed by atoms with van der Waals surface area (Å²) in [4.78, 5) is 37.7. The van der Waals surface area contributed by atoms with Crippen LogP contribution in [0.25, 0.3) is 0 Å². The third-order valence-electron chi connectivity index (χ3n) is 4.26. The lowest BCUT2D eigenvalue weighted by Crippen LogP contribution is -2.57. The first-order chi connectivity index (χ1) is 12.9. The molecule has 0 aliphatic carbocycles. The molecule has 1 N–H and O–H groups in total. The highest BCUT2D eigenvalue weighted by molar-refractivity contribution is 8.00. The minimum absolute atomic E-state index is 0.00140. The third kappa shape index (κ3) is 4.06. The number of thioether (sulfide) groups is 1. The monoisotopic (exact) mass is 410 g/mol. The van der Waals surface area contributed by atoms with Gasteiger partial charge in [-0.05, 0) is 17.7 Å². The molecule has 2 amide bonds. The molecule has 1 fully saturated rings. The number of methoxy groups -OCH3 is 1. The number of hydrogen-bond acceptors (Lipinski definition) is 6. The van der Waals surface area contributed by atoms with Gasteiger partial charge < -0.3 is 14.8 Å². The molecule has 1 saturated heterocycles. The fourth-order valence-corrected chi connectivity index (χ4v) is 4.75. The molecule has 27 heavy (non-hydrogen) atoms. The van der Waals surface area contributed by atoms with Crippen molar-refractivity contribution in [1.29, 1.82) is 0 Å².